The number of fused-ring (bicyclic) bond motifs is 3. The zero-order valence-corrected chi connectivity index (χ0v) is 16.3. The van der Waals surface area contributed by atoms with Crippen molar-refractivity contribution in [3.8, 4) is 16.9 Å². The Labute approximate surface area is 173 Å². The zero-order valence-electron chi connectivity index (χ0n) is 16.3. The standard InChI is InChI=1S/C25H19N3O2/c1-30-23-12-13-26-15-21(23)16-6-4-7-17(14-16)27-25(29)20-10-5-9-19-18-8-2-3-11-22(18)28-24(19)20/h2-15,28H,1H3,(H,27,29). The minimum atomic E-state index is -0.164. The summed E-state index contributed by atoms with van der Waals surface area (Å²) >= 11 is 0. The summed E-state index contributed by atoms with van der Waals surface area (Å²) < 4.78 is 5.44. The highest BCUT2D eigenvalue weighted by molar-refractivity contribution is 6.17. The summed E-state index contributed by atoms with van der Waals surface area (Å²) in [6.07, 6.45) is 3.44. The van der Waals surface area contributed by atoms with E-state index in [2.05, 4.69) is 21.4 Å². The van der Waals surface area contributed by atoms with Gasteiger partial charge in [0.1, 0.15) is 5.75 Å². The van der Waals surface area contributed by atoms with E-state index < -0.39 is 0 Å². The number of aromatic amines is 1. The van der Waals surface area contributed by atoms with E-state index in [1.54, 1.807) is 19.5 Å². The van der Waals surface area contributed by atoms with Gasteiger partial charge in [-0.3, -0.25) is 9.78 Å². The van der Waals surface area contributed by atoms with E-state index in [1.807, 2.05) is 66.7 Å². The van der Waals surface area contributed by atoms with Crippen LogP contribution in [0.3, 0.4) is 0 Å². The molecular formula is C25H19N3O2. The van der Waals surface area contributed by atoms with Crippen LogP contribution in [0.1, 0.15) is 10.4 Å². The van der Waals surface area contributed by atoms with Crippen LogP contribution in [0.5, 0.6) is 5.75 Å². The number of pyridine rings is 1. The maximum atomic E-state index is 13.1. The molecule has 0 aliphatic carbocycles. The SMILES string of the molecule is COc1ccncc1-c1cccc(NC(=O)c2cccc3c2[nH]c2ccccc23)c1. The van der Waals surface area contributed by atoms with Crippen LogP contribution < -0.4 is 10.1 Å². The maximum Gasteiger partial charge on any atom is 0.257 e. The molecule has 0 spiro atoms. The number of nitrogens with zero attached hydrogens (tertiary/aromatic N) is 1. The normalized spacial score (nSPS) is 11.0. The number of methoxy groups -OCH3 is 1. The summed E-state index contributed by atoms with van der Waals surface area (Å²) in [5, 5.41) is 5.16. The summed E-state index contributed by atoms with van der Waals surface area (Å²) in [5.41, 5.74) is 4.94. The third-order valence-electron chi connectivity index (χ3n) is 5.22. The number of para-hydroxylation sites is 2. The average molecular weight is 393 g/mol. The molecule has 5 rings (SSSR count). The summed E-state index contributed by atoms with van der Waals surface area (Å²) in [5.74, 6) is 0.568. The Balaban J connectivity index is 1.51. The number of rotatable bonds is 4. The van der Waals surface area contributed by atoms with E-state index in [-0.39, 0.29) is 5.91 Å². The Morgan fingerprint density at radius 3 is 2.70 bits per heavy atom. The number of H-pyrrole nitrogens is 1. The number of ether oxygens (including phenoxy) is 1. The quantitative estimate of drug-likeness (QED) is 0.415. The van der Waals surface area contributed by atoms with Crippen molar-refractivity contribution in [2.45, 2.75) is 0 Å². The first-order valence-electron chi connectivity index (χ1n) is 9.64. The highest BCUT2D eigenvalue weighted by Gasteiger charge is 2.14. The summed E-state index contributed by atoms with van der Waals surface area (Å²) in [4.78, 5) is 20.7. The lowest BCUT2D eigenvalue weighted by Gasteiger charge is -2.10. The number of hydrogen-bond acceptors (Lipinski definition) is 3. The molecule has 0 bridgehead atoms. The number of nitrogens with one attached hydrogen (secondary N) is 2. The van der Waals surface area contributed by atoms with E-state index in [0.717, 1.165) is 38.7 Å². The topological polar surface area (TPSA) is 67.0 Å². The number of aromatic nitrogens is 2. The van der Waals surface area contributed by atoms with E-state index in [9.17, 15) is 4.79 Å². The molecule has 5 heteroatoms. The molecule has 0 fully saturated rings. The molecular weight excluding hydrogens is 374 g/mol. The second kappa shape index (κ2) is 7.37. The van der Waals surface area contributed by atoms with Crippen LogP contribution in [0.15, 0.2) is 85.2 Å². The van der Waals surface area contributed by atoms with Gasteiger partial charge in [-0.2, -0.15) is 0 Å². The van der Waals surface area contributed by atoms with Crippen LogP contribution in [0.4, 0.5) is 5.69 Å². The molecule has 1 amide bonds. The Hall–Kier alpha value is -4.12. The Morgan fingerprint density at radius 2 is 1.80 bits per heavy atom. The lowest BCUT2D eigenvalue weighted by molar-refractivity contribution is 0.102. The first-order valence-corrected chi connectivity index (χ1v) is 9.64. The summed E-state index contributed by atoms with van der Waals surface area (Å²) in [6.45, 7) is 0. The number of carbonyl (C=O) groups is 1. The molecule has 0 aliphatic heterocycles. The van der Waals surface area contributed by atoms with Crippen LogP contribution in [0, 0.1) is 0 Å². The number of benzene rings is 3. The van der Waals surface area contributed by atoms with Gasteiger partial charge in [-0.15, -0.1) is 0 Å². The van der Waals surface area contributed by atoms with Crippen molar-refractivity contribution in [2.75, 3.05) is 12.4 Å². The van der Waals surface area contributed by atoms with Crippen molar-refractivity contribution in [3.63, 3.8) is 0 Å². The number of carbonyl (C=O) groups excluding carboxylic acids is 1. The molecule has 0 aliphatic rings. The highest BCUT2D eigenvalue weighted by Crippen LogP contribution is 2.31. The molecule has 0 saturated carbocycles. The van der Waals surface area contributed by atoms with Gasteiger partial charge in [-0.25, -0.2) is 0 Å². The van der Waals surface area contributed by atoms with Gasteiger partial charge in [0.25, 0.3) is 5.91 Å². The summed E-state index contributed by atoms with van der Waals surface area (Å²) in [6, 6.07) is 23.3. The third kappa shape index (κ3) is 3.06. The molecule has 3 aromatic carbocycles. The lowest BCUT2D eigenvalue weighted by atomic mass is 10.1. The van der Waals surface area contributed by atoms with Gasteiger partial charge >= 0.3 is 0 Å². The van der Waals surface area contributed by atoms with Crippen molar-refractivity contribution in [1.82, 2.24) is 9.97 Å². The van der Waals surface area contributed by atoms with Crippen LogP contribution in [0.25, 0.3) is 32.9 Å². The molecule has 5 aromatic rings. The maximum absolute atomic E-state index is 13.1. The lowest BCUT2D eigenvalue weighted by Crippen LogP contribution is -2.12. The monoisotopic (exact) mass is 393 g/mol. The van der Waals surface area contributed by atoms with Crippen molar-refractivity contribution < 1.29 is 9.53 Å². The van der Waals surface area contributed by atoms with E-state index in [0.29, 0.717) is 11.3 Å². The molecule has 30 heavy (non-hydrogen) atoms. The number of amides is 1. The van der Waals surface area contributed by atoms with Gasteiger partial charge in [0.05, 0.1) is 18.2 Å². The van der Waals surface area contributed by atoms with Gasteiger partial charge in [-0.1, -0.05) is 42.5 Å². The van der Waals surface area contributed by atoms with Gasteiger partial charge in [0.15, 0.2) is 0 Å². The van der Waals surface area contributed by atoms with Gasteiger partial charge in [0, 0.05) is 39.9 Å². The first kappa shape index (κ1) is 17.9. The molecule has 0 unspecified atom stereocenters. The fourth-order valence-electron chi connectivity index (χ4n) is 3.80. The van der Waals surface area contributed by atoms with Gasteiger partial charge in [-0.05, 0) is 35.9 Å². The largest absolute Gasteiger partial charge is 0.496 e. The molecule has 2 heterocycles. The van der Waals surface area contributed by atoms with Crippen LogP contribution in [0.2, 0.25) is 0 Å². The van der Waals surface area contributed by atoms with Gasteiger partial charge in [0.2, 0.25) is 0 Å². The predicted octanol–water partition coefficient (Wildman–Crippen LogP) is 5.64. The molecule has 2 aromatic heterocycles. The van der Waals surface area contributed by atoms with Crippen LogP contribution in [-0.4, -0.2) is 23.0 Å². The molecule has 0 saturated heterocycles. The second-order valence-electron chi connectivity index (χ2n) is 7.01. The van der Waals surface area contributed by atoms with E-state index in [4.69, 9.17) is 4.74 Å². The van der Waals surface area contributed by atoms with Crippen molar-refractivity contribution in [3.05, 3.63) is 90.8 Å². The Kier molecular flexibility index (Phi) is 4.41. The fourth-order valence-corrected chi connectivity index (χ4v) is 3.80. The number of anilines is 1. The molecule has 146 valence electrons. The Bertz CT molecular complexity index is 1390. The van der Waals surface area contributed by atoms with Crippen molar-refractivity contribution in [1.29, 1.82) is 0 Å². The van der Waals surface area contributed by atoms with E-state index in [1.165, 1.54) is 0 Å². The minimum Gasteiger partial charge on any atom is -0.496 e. The third-order valence-corrected chi connectivity index (χ3v) is 5.22. The smallest absolute Gasteiger partial charge is 0.257 e. The van der Waals surface area contributed by atoms with E-state index >= 15 is 0 Å². The van der Waals surface area contributed by atoms with Crippen LogP contribution >= 0.6 is 0 Å². The van der Waals surface area contributed by atoms with Crippen molar-refractivity contribution >= 4 is 33.4 Å². The minimum absolute atomic E-state index is 0.164. The molecule has 2 N–H and O–H groups in total. The van der Waals surface area contributed by atoms with Crippen LogP contribution in [-0.2, 0) is 0 Å². The van der Waals surface area contributed by atoms with Crippen molar-refractivity contribution in [2.24, 2.45) is 0 Å². The summed E-state index contributed by atoms with van der Waals surface area (Å²) in [7, 11) is 1.63. The Morgan fingerprint density at radius 1 is 0.967 bits per heavy atom. The molecule has 5 nitrogen and oxygen atoms in total. The molecule has 0 radical (unpaired) electrons. The molecule has 0 atom stereocenters. The average Bonchev–Trinajstić information content (AvgIpc) is 3.18. The fraction of sp³-hybridized carbons (Fsp3) is 0.0400. The highest BCUT2D eigenvalue weighted by atomic mass is 16.5. The second-order valence-corrected chi connectivity index (χ2v) is 7.01. The van der Waals surface area contributed by atoms with Gasteiger partial charge < -0.3 is 15.0 Å². The predicted molar refractivity (Wildman–Crippen MR) is 120 cm³/mol. The first-order chi connectivity index (χ1) is 14.7. The number of hydrogen-bond donors (Lipinski definition) is 2. The zero-order chi connectivity index (χ0) is 20.5.